The van der Waals surface area contributed by atoms with Crippen LogP contribution >= 0.6 is 48.2 Å². The van der Waals surface area contributed by atoms with Gasteiger partial charge in [-0.2, -0.15) is 0 Å². The second kappa shape index (κ2) is 11.0. The first-order chi connectivity index (χ1) is 12.0. The number of imidazole rings is 1. The highest BCUT2D eigenvalue weighted by Gasteiger charge is 2.22. The zero-order valence-electron chi connectivity index (χ0n) is 15.8. The summed E-state index contributed by atoms with van der Waals surface area (Å²) in [6, 6.07) is 4.05. The second-order valence-electron chi connectivity index (χ2n) is 6.63. The van der Waals surface area contributed by atoms with Gasteiger partial charge in [-0.05, 0) is 31.4 Å². The molecule has 0 bridgehead atoms. The first-order valence-electron chi connectivity index (χ1n) is 9.05. The van der Waals surface area contributed by atoms with Crippen LogP contribution in [0.1, 0.15) is 33.1 Å². The molecule has 1 saturated heterocycles. The molecule has 5 nitrogen and oxygen atoms in total. The van der Waals surface area contributed by atoms with Gasteiger partial charge in [0.1, 0.15) is 0 Å². The maximum absolute atomic E-state index is 10.4. The van der Waals surface area contributed by atoms with Crippen LogP contribution in [0.3, 0.4) is 0 Å². The monoisotopic (exact) mass is 454 g/mol. The Kier molecular flexibility index (Phi) is 10.0. The Balaban J connectivity index is 0.00000182. The zero-order chi connectivity index (χ0) is 17.9. The van der Waals surface area contributed by atoms with Crippen LogP contribution in [0, 0.1) is 0 Å². The van der Waals surface area contributed by atoms with Crippen molar-refractivity contribution in [3.63, 3.8) is 0 Å². The van der Waals surface area contributed by atoms with Gasteiger partial charge in [-0.25, -0.2) is 4.98 Å². The van der Waals surface area contributed by atoms with Crippen molar-refractivity contribution in [3.8, 4) is 0 Å². The molecule has 0 radical (unpaired) electrons. The van der Waals surface area contributed by atoms with Gasteiger partial charge < -0.3 is 20.3 Å². The summed E-state index contributed by atoms with van der Waals surface area (Å²) in [5.41, 5.74) is 2.41. The number of hydrogen-bond donors (Lipinski definition) is 3. The molecule has 9 heteroatoms. The molecule has 2 heterocycles. The third kappa shape index (κ3) is 6.05. The van der Waals surface area contributed by atoms with E-state index in [1.807, 2.05) is 19.9 Å². The Hall–Kier alpha value is -0.370. The average molecular weight is 456 g/mol. The highest BCUT2D eigenvalue weighted by atomic mass is 35.5. The van der Waals surface area contributed by atoms with E-state index >= 15 is 0 Å². The molecular weight excluding hydrogens is 427 g/mol. The molecule has 1 fully saturated rings. The normalized spacial score (nSPS) is 14.7. The minimum atomic E-state index is -0.558. The Labute approximate surface area is 182 Å². The van der Waals surface area contributed by atoms with Gasteiger partial charge in [0.2, 0.25) is 0 Å². The Bertz CT molecular complexity index is 718. The third-order valence-electron chi connectivity index (χ3n) is 5.11. The summed E-state index contributed by atoms with van der Waals surface area (Å²) < 4.78 is 0. The van der Waals surface area contributed by atoms with Crippen LogP contribution in [0.2, 0.25) is 5.02 Å². The van der Waals surface area contributed by atoms with Crippen LogP contribution in [0.4, 0.5) is 5.69 Å². The Morgan fingerprint density at radius 2 is 1.89 bits per heavy atom. The summed E-state index contributed by atoms with van der Waals surface area (Å²) in [6.45, 7) is 7.96. The van der Waals surface area contributed by atoms with E-state index < -0.39 is 5.60 Å². The van der Waals surface area contributed by atoms with Crippen molar-refractivity contribution in [2.75, 3.05) is 36.8 Å². The number of aromatic amines is 1. The van der Waals surface area contributed by atoms with Crippen LogP contribution < -0.4 is 10.2 Å². The number of benzene rings is 1. The number of hydrogen-bond acceptors (Lipinski definition) is 5. The van der Waals surface area contributed by atoms with Gasteiger partial charge in [-0.15, -0.1) is 24.8 Å². The molecule has 0 aliphatic carbocycles. The maximum atomic E-state index is 10.4. The molecule has 0 amide bonds. The molecule has 0 saturated carbocycles. The molecule has 1 aliphatic heterocycles. The first kappa shape index (κ1) is 24.7. The molecule has 154 valence electrons. The topological polar surface area (TPSA) is 64.2 Å². The van der Waals surface area contributed by atoms with Crippen molar-refractivity contribution >= 4 is 64.9 Å². The lowest BCUT2D eigenvalue weighted by molar-refractivity contribution is 0.0297. The van der Waals surface area contributed by atoms with Gasteiger partial charge in [-0.3, -0.25) is 0 Å². The molecule has 2 aromatic rings. The highest BCUT2D eigenvalue weighted by Crippen LogP contribution is 2.32. The minimum absolute atomic E-state index is 0. The minimum Gasteiger partial charge on any atom is -0.390 e. The van der Waals surface area contributed by atoms with Crippen molar-refractivity contribution in [2.45, 2.75) is 43.9 Å². The van der Waals surface area contributed by atoms with E-state index in [4.69, 9.17) is 16.6 Å². The molecule has 1 aromatic heterocycles. The fourth-order valence-electron chi connectivity index (χ4n) is 3.15. The molecule has 0 unspecified atom stereocenters. The standard InChI is InChI=1S/C18H27ClN4OS.2ClH/c1-3-18(24,4-2)5-10-25-17-21-14-11-13(19)16(12-15(14)22-17)23-8-6-20-7-9-23;;/h11-12,20,24H,3-10H2,1-2H3,(H,21,22);2*1H. The van der Waals surface area contributed by atoms with E-state index in [0.717, 1.165) is 78.1 Å². The fourth-order valence-corrected chi connectivity index (χ4v) is 4.46. The summed E-state index contributed by atoms with van der Waals surface area (Å²) in [6.07, 6.45) is 2.34. The van der Waals surface area contributed by atoms with Crippen LogP contribution in [0.25, 0.3) is 11.0 Å². The number of thioether (sulfide) groups is 1. The largest absolute Gasteiger partial charge is 0.390 e. The third-order valence-corrected chi connectivity index (χ3v) is 6.29. The first-order valence-corrected chi connectivity index (χ1v) is 10.4. The number of nitrogens with zero attached hydrogens (tertiary/aromatic N) is 2. The molecule has 3 N–H and O–H groups in total. The number of aliphatic hydroxyl groups is 1. The van der Waals surface area contributed by atoms with Crippen LogP contribution in [-0.4, -0.2) is 52.6 Å². The molecule has 1 aliphatic rings. The van der Waals surface area contributed by atoms with Crippen LogP contribution in [-0.2, 0) is 0 Å². The van der Waals surface area contributed by atoms with E-state index in [0.29, 0.717) is 0 Å². The van der Waals surface area contributed by atoms with Gasteiger partial charge in [0, 0.05) is 31.9 Å². The lowest BCUT2D eigenvalue weighted by atomic mass is 9.95. The van der Waals surface area contributed by atoms with Crippen molar-refractivity contribution in [1.82, 2.24) is 15.3 Å². The second-order valence-corrected chi connectivity index (χ2v) is 8.12. The SMILES string of the molecule is CCC(O)(CC)CCSc1nc2cc(N3CCNCC3)c(Cl)cc2[nH]1.Cl.Cl. The van der Waals surface area contributed by atoms with Crippen molar-refractivity contribution in [2.24, 2.45) is 0 Å². The number of anilines is 1. The summed E-state index contributed by atoms with van der Waals surface area (Å²) >= 11 is 8.16. The highest BCUT2D eigenvalue weighted by molar-refractivity contribution is 7.99. The number of aromatic nitrogens is 2. The molecular formula is C18H29Cl3N4OS. The van der Waals surface area contributed by atoms with E-state index in [2.05, 4.69) is 21.3 Å². The molecule has 3 rings (SSSR count). The number of H-pyrrole nitrogens is 1. The predicted octanol–water partition coefficient (Wildman–Crippen LogP) is 4.50. The van der Waals surface area contributed by atoms with Crippen LogP contribution in [0.15, 0.2) is 17.3 Å². The van der Waals surface area contributed by atoms with Crippen molar-refractivity contribution in [1.29, 1.82) is 0 Å². The van der Waals surface area contributed by atoms with Gasteiger partial charge in [0.25, 0.3) is 0 Å². The zero-order valence-corrected chi connectivity index (χ0v) is 19.0. The van der Waals surface area contributed by atoms with E-state index in [9.17, 15) is 5.11 Å². The summed E-state index contributed by atoms with van der Waals surface area (Å²) in [5, 5.41) is 15.4. The summed E-state index contributed by atoms with van der Waals surface area (Å²) in [4.78, 5) is 10.4. The van der Waals surface area contributed by atoms with Crippen molar-refractivity contribution < 1.29 is 5.11 Å². The molecule has 0 spiro atoms. The number of nitrogens with one attached hydrogen (secondary N) is 2. The molecule has 27 heavy (non-hydrogen) atoms. The summed E-state index contributed by atoms with van der Waals surface area (Å²) in [7, 11) is 0. The number of piperazine rings is 1. The maximum Gasteiger partial charge on any atom is 0.166 e. The van der Waals surface area contributed by atoms with Crippen LogP contribution in [0.5, 0.6) is 0 Å². The average Bonchev–Trinajstić information content (AvgIpc) is 3.03. The lowest BCUT2D eigenvalue weighted by Gasteiger charge is -2.30. The number of fused-ring (bicyclic) bond motifs is 1. The van der Waals surface area contributed by atoms with Gasteiger partial charge in [-0.1, -0.05) is 37.2 Å². The Morgan fingerprint density at radius 1 is 1.22 bits per heavy atom. The molecule has 1 aromatic carbocycles. The van der Waals surface area contributed by atoms with Gasteiger partial charge in [0.05, 0.1) is 27.3 Å². The number of halogens is 3. The lowest BCUT2D eigenvalue weighted by Crippen LogP contribution is -2.43. The Morgan fingerprint density at radius 3 is 2.52 bits per heavy atom. The van der Waals surface area contributed by atoms with Gasteiger partial charge >= 0.3 is 0 Å². The van der Waals surface area contributed by atoms with E-state index in [-0.39, 0.29) is 24.8 Å². The van der Waals surface area contributed by atoms with Gasteiger partial charge in [0.15, 0.2) is 5.16 Å². The predicted molar refractivity (Wildman–Crippen MR) is 122 cm³/mol. The smallest absolute Gasteiger partial charge is 0.166 e. The summed E-state index contributed by atoms with van der Waals surface area (Å²) in [5.74, 6) is 0.844. The van der Waals surface area contributed by atoms with Crippen molar-refractivity contribution in [3.05, 3.63) is 17.2 Å². The molecule has 0 atom stereocenters. The fraction of sp³-hybridized carbons (Fsp3) is 0.611. The van der Waals surface area contributed by atoms with E-state index in [1.54, 1.807) is 11.8 Å². The number of rotatable bonds is 7. The quantitative estimate of drug-likeness (QED) is 0.536. The van der Waals surface area contributed by atoms with E-state index in [1.165, 1.54) is 0 Å².